The highest BCUT2D eigenvalue weighted by Gasteiger charge is 2.17. The molecule has 0 N–H and O–H groups in total. The largest absolute Gasteiger partial charge is 0.307 e. The van der Waals surface area contributed by atoms with Crippen molar-refractivity contribution in [1.29, 1.82) is 0 Å². The lowest BCUT2D eigenvalue weighted by molar-refractivity contribution is 0.982. The minimum atomic E-state index is 0.565. The third kappa shape index (κ3) is 4.05. The van der Waals surface area contributed by atoms with Gasteiger partial charge in [-0.15, -0.1) is 0 Å². The highest BCUT2D eigenvalue weighted by molar-refractivity contribution is 6.13. The Morgan fingerprint density at radius 2 is 1.31 bits per heavy atom. The van der Waals surface area contributed by atoms with Gasteiger partial charge in [-0.05, 0) is 37.6 Å². The maximum Gasteiger partial charge on any atom is 0.182 e. The van der Waals surface area contributed by atoms with E-state index in [1.54, 1.807) is 0 Å². The molecule has 7 aromatic rings. The lowest BCUT2D eigenvalue weighted by atomic mass is 10.0. The van der Waals surface area contributed by atoms with Crippen LogP contribution >= 0.6 is 0 Å². The van der Waals surface area contributed by atoms with E-state index in [2.05, 4.69) is 94.3 Å². The smallest absolute Gasteiger partial charge is 0.182 e. The maximum absolute atomic E-state index is 4.83. The number of rotatable bonds is 4. The number of aryl methyl sites for hydroxylation is 2. The van der Waals surface area contributed by atoms with Crippen molar-refractivity contribution in [2.24, 2.45) is 0 Å². The second kappa shape index (κ2) is 9.30. The normalized spacial score (nSPS) is 11.3. The van der Waals surface area contributed by atoms with Crippen LogP contribution in [-0.2, 0) is 0 Å². The first-order chi connectivity index (χ1) is 19.2. The highest BCUT2D eigenvalue weighted by Crippen LogP contribution is 2.38. The average molecular weight is 504 g/mol. The molecule has 0 fully saturated rings. The molecule has 0 radical (unpaired) electrons. The van der Waals surface area contributed by atoms with Gasteiger partial charge in [0.05, 0.1) is 22.9 Å². The molecule has 186 valence electrons. The van der Waals surface area contributed by atoms with Crippen molar-refractivity contribution in [2.75, 3.05) is 0 Å². The summed E-state index contributed by atoms with van der Waals surface area (Å²) in [7, 11) is 0. The van der Waals surface area contributed by atoms with Crippen LogP contribution < -0.4 is 0 Å². The van der Waals surface area contributed by atoms with E-state index in [1.165, 1.54) is 33.0 Å². The number of hydrogen-bond acceptors (Lipinski definition) is 4. The van der Waals surface area contributed by atoms with E-state index >= 15 is 0 Å². The number of nitrogens with zero attached hydrogens (tertiary/aromatic N) is 5. The van der Waals surface area contributed by atoms with E-state index < -0.39 is 0 Å². The molecule has 0 aliphatic heterocycles. The van der Waals surface area contributed by atoms with Crippen LogP contribution in [0.25, 0.3) is 61.5 Å². The minimum absolute atomic E-state index is 0.565. The van der Waals surface area contributed by atoms with Gasteiger partial charge in [-0.25, -0.2) is 15.0 Å². The van der Waals surface area contributed by atoms with Crippen molar-refractivity contribution < 1.29 is 0 Å². The van der Waals surface area contributed by atoms with E-state index in [1.807, 2.05) is 49.5 Å². The van der Waals surface area contributed by atoms with Crippen molar-refractivity contribution >= 4 is 21.8 Å². The van der Waals surface area contributed by atoms with Crippen LogP contribution in [-0.4, -0.2) is 24.5 Å². The molecule has 0 amide bonds. The van der Waals surface area contributed by atoms with Crippen LogP contribution in [0.1, 0.15) is 11.4 Å². The van der Waals surface area contributed by atoms with Gasteiger partial charge in [-0.1, -0.05) is 96.6 Å². The fraction of sp³-hybridized carbons (Fsp3) is 0.0588. The van der Waals surface area contributed by atoms with Crippen LogP contribution in [0.5, 0.6) is 0 Å². The minimum Gasteiger partial charge on any atom is -0.307 e. The van der Waals surface area contributed by atoms with Crippen LogP contribution in [0.4, 0.5) is 0 Å². The summed E-state index contributed by atoms with van der Waals surface area (Å²) in [6.45, 7) is 4.00. The molecular weight excluding hydrogens is 478 g/mol. The standard InChI is InChI=1S/C34H25N5/c1-22-15-17-24(18-16-22)27-12-8-13-29-28-11-6-7-14-31(28)39(32(27)29)26-19-20-30(35-21-26)34-37-23(2)36-33(38-34)25-9-4-3-5-10-25/h3-21H,1-2H3. The van der Waals surface area contributed by atoms with Crippen molar-refractivity contribution in [2.45, 2.75) is 13.8 Å². The molecule has 0 spiro atoms. The molecule has 0 aliphatic rings. The molecule has 3 heterocycles. The van der Waals surface area contributed by atoms with Gasteiger partial charge in [-0.2, -0.15) is 0 Å². The van der Waals surface area contributed by atoms with Gasteiger partial charge in [0.25, 0.3) is 0 Å². The third-order valence-electron chi connectivity index (χ3n) is 7.07. The average Bonchev–Trinajstić information content (AvgIpc) is 3.32. The lowest BCUT2D eigenvalue weighted by Crippen LogP contribution is -2.01. The van der Waals surface area contributed by atoms with Crippen LogP contribution in [0.3, 0.4) is 0 Å². The Hall–Kier alpha value is -5.16. The fourth-order valence-corrected chi connectivity index (χ4v) is 5.22. The van der Waals surface area contributed by atoms with E-state index in [4.69, 9.17) is 9.97 Å². The van der Waals surface area contributed by atoms with E-state index in [0.29, 0.717) is 23.2 Å². The summed E-state index contributed by atoms with van der Waals surface area (Å²) in [5.74, 6) is 1.87. The molecule has 39 heavy (non-hydrogen) atoms. The summed E-state index contributed by atoms with van der Waals surface area (Å²) in [4.78, 5) is 18.7. The molecular formula is C34H25N5. The molecule has 5 heteroatoms. The van der Waals surface area contributed by atoms with Gasteiger partial charge < -0.3 is 4.57 Å². The molecule has 0 atom stereocenters. The Kier molecular flexibility index (Phi) is 5.48. The Morgan fingerprint density at radius 3 is 2.10 bits per heavy atom. The molecule has 0 aliphatic carbocycles. The van der Waals surface area contributed by atoms with Crippen molar-refractivity contribution in [3.63, 3.8) is 0 Å². The molecule has 0 bridgehead atoms. The highest BCUT2D eigenvalue weighted by atomic mass is 15.0. The molecule has 7 rings (SSSR count). The summed E-state index contributed by atoms with van der Waals surface area (Å²) in [6, 6.07) is 37.9. The third-order valence-corrected chi connectivity index (χ3v) is 7.07. The second-order valence-corrected chi connectivity index (χ2v) is 9.72. The van der Waals surface area contributed by atoms with Gasteiger partial charge >= 0.3 is 0 Å². The van der Waals surface area contributed by atoms with Gasteiger partial charge in [0.2, 0.25) is 0 Å². The van der Waals surface area contributed by atoms with Gasteiger partial charge in [0.15, 0.2) is 11.6 Å². The molecule has 0 saturated heterocycles. The molecule has 0 saturated carbocycles. The Bertz CT molecular complexity index is 1950. The van der Waals surface area contributed by atoms with Crippen molar-refractivity contribution in [3.05, 3.63) is 127 Å². The number of fused-ring (bicyclic) bond motifs is 3. The molecule has 4 aromatic carbocycles. The first kappa shape index (κ1) is 23.0. The maximum atomic E-state index is 4.83. The van der Waals surface area contributed by atoms with Crippen LogP contribution in [0.15, 0.2) is 115 Å². The summed E-state index contributed by atoms with van der Waals surface area (Å²) < 4.78 is 2.31. The zero-order valence-corrected chi connectivity index (χ0v) is 21.7. The predicted molar refractivity (Wildman–Crippen MR) is 158 cm³/mol. The summed E-state index contributed by atoms with van der Waals surface area (Å²) in [6.07, 6.45) is 1.91. The van der Waals surface area contributed by atoms with Crippen LogP contribution in [0.2, 0.25) is 0 Å². The van der Waals surface area contributed by atoms with E-state index in [-0.39, 0.29) is 0 Å². The molecule has 3 aromatic heterocycles. The number of para-hydroxylation sites is 2. The topological polar surface area (TPSA) is 56.5 Å². The zero-order chi connectivity index (χ0) is 26.3. The number of benzene rings is 4. The number of aromatic nitrogens is 5. The summed E-state index contributed by atoms with van der Waals surface area (Å²) >= 11 is 0. The summed E-state index contributed by atoms with van der Waals surface area (Å²) in [5.41, 5.74) is 8.58. The first-order valence-corrected chi connectivity index (χ1v) is 13.0. The van der Waals surface area contributed by atoms with Gasteiger partial charge in [-0.3, -0.25) is 4.98 Å². The second-order valence-electron chi connectivity index (χ2n) is 9.72. The van der Waals surface area contributed by atoms with E-state index in [0.717, 1.165) is 16.8 Å². The van der Waals surface area contributed by atoms with Gasteiger partial charge in [0.1, 0.15) is 11.5 Å². The van der Waals surface area contributed by atoms with Crippen LogP contribution in [0, 0.1) is 13.8 Å². The Balaban J connectivity index is 1.39. The molecule has 5 nitrogen and oxygen atoms in total. The van der Waals surface area contributed by atoms with Gasteiger partial charge in [0, 0.05) is 21.9 Å². The quantitative estimate of drug-likeness (QED) is 0.244. The SMILES string of the molecule is Cc1ccc(-c2cccc3c4ccccc4n(-c4ccc(-c5nc(C)nc(-c6ccccc6)n5)nc4)c23)cc1. The van der Waals surface area contributed by atoms with Crippen molar-refractivity contribution in [1.82, 2.24) is 24.5 Å². The monoisotopic (exact) mass is 503 g/mol. The fourth-order valence-electron chi connectivity index (χ4n) is 5.22. The number of pyridine rings is 1. The number of hydrogen-bond donors (Lipinski definition) is 0. The first-order valence-electron chi connectivity index (χ1n) is 13.0. The van der Waals surface area contributed by atoms with Crippen molar-refractivity contribution in [3.8, 4) is 39.7 Å². The van der Waals surface area contributed by atoms with E-state index in [9.17, 15) is 0 Å². The Morgan fingerprint density at radius 1 is 0.564 bits per heavy atom. The lowest BCUT2D eigenvalue weighted by Gasteiger charge is -2.12. The predicted octanol–water partition coefficient (Wildman–Crippen LogP) is 7.98. The zero-order valence-electron chi connectivity index (χ0n) is 21.7. The molecule has 0 unspecified atom stereocenters. The summed E-state index contributed by atoms with van der Waals surface area (Å²) in [5, 5.41) is 2.43. The Labute approximate surface area is 226 Å².